The van der Waals surface area contributed by atoms with Crippen LogP contribution in [0.2, 0.25) is 0 Å². The molecule has 37 heavy (non-hydrogen) atoms. The van der Waals surface area contributed by atoms with Crippen LogP contribution in [0.1, 0.15) is 62.0 Å². The number of benzene rings is 2. The number of methoxy groups -OCH3 is 2. The van der Waals surface area contributed by atoms with Crippen molar-refractivity contribution in [2.75, 3.05) is 14.2 Å². The fourth-order valence-corrected chi connectivity index (χ4v) is 5.43. The third-order valence-electron chi connectivity index (χ3n) is 7.41. The first-order valence-corrected chi connectivity index (χ1v) is 12.9. The highest BCUT2D eigenvalue weighted by atomic mass is 16.5. The summed E-state index contributed by atoms with van der Waals surface area (Å²) in [6, 6.07) is 16.0. The smallest absolute Gasteiger partial charge is 0.252 e. The quantitative estimate of drug-likeness (QED) is 0.341. The summed E-state index contributed by atoms with van der Waals surface area (Å²) in [5.41, 5.74) is 2.57. The molecule has 0 bridgehead atoms. The number of pyridine rings is 1. The van der Waals surface area contributed by atoms with E-state index in [2.05, 4.69) is 32.3 Å². The summed E-state index contributed by atoms with van der Waals surface area (Å²) >= 11 is 0. The molecule has 1 N–H and O–H groups in total. The summed E-state index contributed by atoms with van der Waals surface area (Å²) in [5.74, 6) is 2.41. The predicted molar refractivity (Wildman–Crippen MR) is 142 cm³/mol. The van der Waals surface area contributed by atoms with Gasteiger partial charge in [-0.15, -0.1) is 5.10 Å². The van der Waals surface area contributed by atoms with E-state index < -0.39 is 0 Å². The van der Waals surface area contributed by atoms with Crippen molar-refractivity contribution in [3.05, 3.63) is 75.8 Å². The van der Waals surface area contributed by atoms with Gasteiger partial charge in [0.2, 0.25) is 0 Å². The summed E-state index contributed by atoms with van der Waals surface area (Å²) in [4.78, 5) is 18.6. The molecule has 0 spiro atoms. The summed E-state index contributed by atoms with van der Waals surface area (Å²) < 4.78 is 12.6. The molecular weight excluding hydrogens is 468 g/mol. The minimum Gasteiger partial charge on any atom is -0.497 e. The van der Waals surface area contributed by atoms with Crippen LogP contribution in [0, 0.1) is 0 Å². The number of nitrogens with zero attached hydrogens (tertiary/aromatic N) is 5. The average molecular weight is 503 g/mol. The van der Waals surface area contributed by atoms with E-state index in [-0.39, 0.29) is 11.6 Å². The molecular formula is C28H34N6O3. The highest BCUT2D eigenvalue weighted by Gasteiger charge is 2.32. The zero-order chi connectivity index (χ0) is 25.8. The number of hydrogen-bond acceptors (Lipinski definition) is 7. The molecule has 1 atom stereocenters. The molecule has 0 amide bonds. The molecule has 1 unspecified atom stereocenters. The first kappa shape index (κ1) is 25.0. The van der Waals surface area contributed by atoms with Crippen LogP contribution < -0.4 is 15.0 Å². The first-order valence-electron chi connectivity index (χ1n) is 12.9. The van der Waals surface area contributed by atoms with Crippen molar-refractivity contribution in [3.63, 3.8) is 0 Å². The van der Waals surface area contributed by atoms with Gasteiger partial charge in [0, 0.05) is 29.1 Å². The van der Waals surface area contributed by atoms with Crippen molar-refractivity contribution in [2.45, 2.75) is 64.2 Å². The second-order valence-corrected chi connectivity index (χ2v) is 9.65. The van der Waals surface area contributed by atoms with Gasteiger partial charge in [-0.05, 0) is 71.7 Å². The van der Waals surface area contributed by atoms with E-state index in [4.69, 9.17) is 9.47 Å². The van der Waals surface area contributed by atoms with Crippen molar-refractivity contribution in [2.24, 2.45) is 0 Å². The van der Waals surface area contributed by atoms with E-state index >= 15 is 0 Å². The van der Waals surface area contributed by atoms with E-state index in [1.165, 1.54) is 12.8 Å². The van der Waals surface area contributed by atoms with Crippen molar-refractivity contribution < 1.29 is 9.47 Å². The van der Waals surface area contributed by atoms with Gasteiger partial charge >= 0.3 is 0 Å². The number of rotatable bonds is 10. The maximum Gasteiger partial charge on any atom is 0.252 e. The van der Waals surface area contributed by atoms with Gasteiger partial charge in [-0.25, -0.2) is 4.68 Å². The van der Waals surface area contributed by atoms with Crippen LogP contribution in [0.15, 0.2) is 53.3 Å². The lowest BCUT2D eigenvalue weighted by molar-refractivity contribution is 0.112. The Kier molecular flexibility index (Phi) is 7.50. The maximum absolute atomic E-state index is 13.1. The van der Waals surface area contributed by atoms with Gasteiger partial charge in [0.15, 0.2) is 5.82 Å². The molecule has 1 fully saturated rings. The lowest BCUT2D eigenvalue weighted by atomic mass is 10.0. The third kappa shape index (κ3) is 5.36. The van der Waals surface area contributed by atoms with Crippen LogP contribution >= 0.6 is 0 Å². The number of nitrogens with one attached hydrogen (secondary N) is 1. The molecule has 1 aliphatic carbocycles. The zero-order valence-electron chi connectivity index (χ0n) is 21.7. The average Bonchev–Trinajstić information content (AvgIpc) is 3.62. The first-order chi connectivity index (χ1) is 18.1. The monoisotopic (exact) mass is 502 g/mol. The molecule has 4 aromatic rings. The van der Waals surface area contributed by atoms with E-state index in [0.717, 1.165) is 58.6 Å². The van der Waals surface area contributed by atoms with Gasteiger partial charge in [0.1, 0.15) is 11.5 Å². The van der Waals surface area contributed by atoms with Gasteiger partial charge in [-0.2, -0.15) is 0 Å². The van der Waals surface area contributed by atoms with E-state index in [1.54, 1.807) is 14.2 Å². The second kappa shape index (κ2) is 11.1. The number of ether oxygens (including phenoxy) is 2. The highest BCUT2D eigenvalue weighted by Crippen LogP contribution is 2.34. The molecule has 194 valence electrons. The summed E-state index contributed by atoms with van der Waals surface area (Å²) in [5, 5.41) is 13.8. The van der Waals surface area contributed by atoms with E-state index in [9.17, 15) is 4.79 Å². The van der Waals surface area contributed by atoms with Crippen molar-refractivity contribution in [1.82, 2.24) is 30.1 Å². The maximum atomic E-state index is 13.1. The molecule has 9 nitrogen and oxygen atoms in total. The fourth-order valence-electron chi connectivity index (χ4n) is 5.43. The molecule has 9 heteroatoms. The Morgan fingerprint density at radius 1 is 1.05 bits per heavy atom. The molecule has 2 aromatic carbocycles. The Morgan fingerprint density at radius 3 is 2.49 bits per heavy atom. The second-order valence-electron chi connectivity index (χ2n) is 9.65. The molecule has 2 heterocycles. The van der Waals surface area contributed by atoms with Crippen molar-refractivity contribution in [3.8, 4) is 11.5 Å². The van der Waals surface area contributed by atoms with Crippen LogP contribution in [0.3, 0.4) is 0 Å². The van der Waals surface area contributed by atoms with Gasteiger partial charge in [0.05, 0.1) is 26.8 Å². The molecule has 2 aromatic heterocycles. The SMILES string of the molecule is CCC(c1nnnn1Cc1ccc(OC)cc1)N(Cc1cc2cc(OC)ccc2[nH]c1=O)C1CCCC1. The fraction of sp³-hybridized carbons (Fsp3) is 0.429. The lowest BCUT2D eigenvalue weighted by Gasteiger charge is -2.35. The van der Waals surface area contributed by atoms with Crippen LogP contribution in [0.25, 0.3) is 10.9 Å². The Hall–Kier alpha value is -3.72. The molecule has 0 aliphatic heterocycles. The van der Waals surface area contributed by atoms with Crippen LogP contribution in [0.5, 0.6) is 11.5 Å². The largest absolute Gasteiger partial charge is 0.497 e. The number of H-pyrrole nitrogens is 1. The van der Waals surface area contributed by atoms with Crippen LogP contribution in [-0.4, -0.2) is 50.4 Å². The van der Waals surface area contributed by atoms with Gasteiger partial charge in [-0.1, -0.05) is 31.9 Å². The molecule has 0 radical (unpaired) electrons. The lowest BCUT2D eigenvalue weighted by Crippen LogP contribution is -2.39. The Bertz CT molecular complexity index is 1390. The Morgan fingerprint density at radius 2 is 1.78 bits per heavy atom. The van der Waals surface area contributed by atoms with Gasteiger partial charge in [0.25, 0.3) is 5.56 Å². The normalized spacial score (nSPS) is 14.9. The minimum absolute atomic E-state index is 0.0169. The predicted octanol–water partition coefficient (Wildman–Crippen LogP) is 4.48. The minimum atomic E-state index is -0.0617. The summed E-state index contributed by atoms with van der Waals surface area (Å²) in [6.45, 7) is 3.26. The Balaban J connectivity index is 1.47. The summed E-state index contributed by atoms with van der Waals surface area (Å²) in [6.07, 6.45) is 5.43. The van der Waals surface area contributed by atoms with Crippen LogP contribution in [0.4, 0.5) is 0 Å². The van der Waals surface area contributed by atoms with Gasteiger partial charge < -0.3 is 14.5 Å². The highest BCUT2D eigenvalue weighted by molar-refractivity contribution is 5.80. The molecule has 0 saturated heterocycles. The zero-order valence-corrected chi connectivity index (χ0v) is 21.7. The molecule has 1 aliphatic rings. The van der Waals surface area contributed by atoms with Crippen molar-refractivity contribution in [1.29, 1.82) is 0 Å². The van der Waals surface area contributed by atoms with Gasteiger partial charge in [-0.3, -0.25) is 9.69 Å². The number of tetrazole rings is 1. The third-order valence-corrected chi connectivity index (χ3v) is 7.41. The number of aromatic nitrogens is 5. The number of aromatic amines is 1. The van der Waals surface area contributed by atoms with E-state index in [1.807, 2.05) is 53.2 Å². The molecule has 5 rings (SSSR count). The van der Waals surface area contributed by atoms with E-state index in [0.29, 0.717) is 19.1 Å². The standard InChI is InChI=1S/C28H34N6O3/c1-4-26(27-30-31-32-34(27)17-19-9-11-23(36-2)12-10-19)33(22-7-5-6-8-22)18-21-15-20-16-24(37-3)13-14-25(20)29-28(21)35/h9-16,22,26H,4-8,17-18H2,1-3H3,(H,29,35). The van der Waals surface area contributed by atoms with Crippen molar-refractivity contribution >= 4 is 10.9 Å². The topological polar surface area (TPSA) is 98.2 Å². The molecule has 1 saturated carbocycles. The Labute approximate surface area is 216 Å². The number of fused-ring (bicyclic) bond motifs is 1. The van der Waals surface area contributed by atoms with Crippen LogP contribution in [-0.2, 0) is 13.1 Å². The number of hydrogen-bond donors (Lipinski definition) is 1. The summed E-state index contributed by atoms with van der Waals surface area (Å²) in [7, 11) is 3.31.